The molecule has 3 aliphatic heterocycles. The van der Waals surface area contributed by atoms with Gasteiger partial charge < -0.3 is 19.4 Å². The number of hydrogen-bond acceptors (Lipinski definition) is 6. The van der Waals surface area contributed by atoms with E-state index in [1.165, 1.54) is 32.4 Å². The van der Waals surface area contributed by atoms with Crippen LogP contribution in [0.4, 0.5) is 0 Å². The highest BCUT2D eigenvalue weighted by Crippen LogP contribution is 2.13. The quantitative estimate of drug-likeness (QED) is 0.752. The lowest BCUT2D eigenvalue weighted by molar-refractivity contribution is -0.0124. The van der Waals surface area contributed by atoms with E-state index in [-0.39, 0.29) is 6.10 Å². The summed E-state index contributed by atoms with van der Waals surface area (Å²) in [5.74, 6) is 0.784. The Balaban J connectivity index is 1.37. The number of piperazine rings is 1. The Bertz CT molecular complexity index is 363. The number of likely N-dealkylation sites (tertiary alicyclic amines) is 1. The molecule has 0 spiro atoms. The Morgan fingerprint density at radius 1 is 1.00 bits per heavy atom. The molecule has 1 unspecified atom stereocenters. The summed E-state index contributed by atoms with van der Waals surface area (Å²) in [7, 11) is 2.19. The van der Waals surface area contributed by atoms with Crippen molar-refractivity contribution in [2.24, 2.45) is 5.16 Å². The van der Waals surface area contributed by atoms with Crippen LogP contribution >= 0.6 is 0 Å². The van der Waals surface area contributed by atoms with Gasteiger partial charge in [-0.1, -0.05) is 11.6 Å². The Morgan fingerprint density at radius 3 is 2.55 bits per heavy atom. The monoisotopic (exact) mass is 310 g/mol. The van der Waals surface area contributed by atoms with Crippen LogP contribution in [0.5, 0.6) is 0 Å². The molecule has 6 nitrogen and oxygen atoms in total. The molecule has 0 aliphatic carbocycles. The molecule has 22 heavy (non-hydrogen) atoms. The second-order valence-electron chi connectivity index (χ2n) is 6.78. The number of likely N-dealkylation sites (N-methyl/N-ethyl adjacent to an activating group) is 1. The number of rotatable bonds is 5. The molecule has 126 valence electrons. The molecule has 2 saturated heterocycles. The first kappa shape index (κ1) is 16.0. The molecule has 0 aromatic carbocycles. The van der Waals surface area contributed by atoms with E-state index in [1.54, 1.807) is 0 Å². The Labute approximate surface area is 134 Å². The van der Waals surface area contributed by atoms with Gasteiger partial charge in [-0.3, -0.25) is 4.90 Å². The molecule has 6 heteroatoms. The van der Waals surface area contributed by atoms with Gasteiger partial charge in [0.05, 0.1) is 0 Å². The normalized spacial score (nSPS) is 28.8. The second-order valence-corrected chi connectivity index (χ2v) is 6.78. The van der Waals surface area contributed by atoms with Gasteiger partial charge in [0.25, 0.3) is 0 Å². The first-order chi connectivity index (χ1) is 10.8. The zero-order chi connectivity index (χ0) is 15.2. The molecule has 3 aliphatic rings. The highest BCUT2D eigenvalue weighted by molar-refractivity contribution is 5.76. The highest BCUT2D eigenvalue weighted by Gasteiger charge is 2.24. The van der Waals surface area contributed by atoms with E-state index in [9.17, 15) is 0 Å². The molecule has 0 saturated carbocycles. The first-order valence-corrected chi connectivity index (χ1v) is 8.78. The summed E-state index contributed by atoms with van der Waals surface area (Å²) in [6.07, 6.45) is 5.02. The zero-order valence-electron chi connectivity index (χ0n) is 13.9. The van der Waals surface area contributed by atoms with E-state index < -0.39 is 0 Å². The minimum Gasteiger partial charge on any atom is -0.470 e. The van der Waals surface area contributed by atoms with Crippen molar-refractivity contribution in [3.05, 3.63) is 0 Å². The predicted molar refractivity (Wildman–Crippen MR) is 87.1 cm³/mol. The molecule has 0 bridgehead atoms. The van der Waals surface area contributed by atoms with Crippen LogP contribution in [0.15, 0.2) is 5.16 Å². The lowest BCUT2D eigenvalue weighted by atomic mass is 10.1. The van der Waals surface area contributed by atoms with E-state index in [1.807, 2.05) is 0 Å². The standard InChI is InChI=1S/C16H30N4O2/c1-18-9-11-19(12-10-18)8-5-16-17-21-14-15(22-16)13-20-6-3-2-4-7-20/h15H,2-14H2,1H3. The van der Waals surface area contributed by atoms with Crippen molar-refractivity contribution in [1.29, 1.82) is 0 Å². The Hall–Kier alpha value is -0.850. The summed E-state index contributed by atoms with van der Waals surface area (Å²) >= 11 is 0. The second kappa shape index (κ2) is 8.13. The predicted octanol–water partition coefficient (Wildman–Crippen LogP) is 0.839. The summed E-state index contributed by atoms with van der Waals surface area (Å²) in [6, 6.07) is 0. The number of piperidine rings is 1. The van der Waals surface area contributed by atoms with Gasteiger partial charge in [0.2, 0.25) is 5.90 Å². The Morgan fingerprint density at radius 2 is 1.77 bits per heavy atom. The summed E-state index contributed by atoms with van der Waals surface area (Å²) in [5.41, 5.74) is 0. The summed E-state index contributed by atoms with van der Waals surface area (Å²) < 4.78 is 6.05. The fourth-order valence-corrected chi connectivity index (χ4v) is 3.39. The van der Waals surface area contributed by atoms with Gasteiger partial charge >= 0.3 is 0 Å². The van der Waals surface area contributed by atoms with Crippen molar-refractivity contribution in [3.63, 3.8) is 0 Å². The third kappa shape index (κ3) is 4.83. The first-order valence-electron chi connectivity index (χ1n) is 8.78. The van der Waals surface area contributed by atoms with Crippen LogP contribution in [-0.2, 0) is 9.57 Å². The lowest BCUT2D eigenvalue weighted by Crippen LogP contribution is -2.45. The van der Waals surface area contributed by atoms with Gasteiger partial charge in [0.1, 0.15) is 6.10 Å². The molecule has 1 atom stereocenters. The fraction of sp³-hybridized carbons (Fsp3) is 0.938. The van der Waals surface area contributed by atoms with Gasteiger partial charge in [-0.05, 0) is 33.0 Å². The van der Waals surface area contributed by atoms with Crippen LogP contribution in [0.3, 0.4) is 0 Å². The number of hydrogen-bond donors (Lipinski definition) is 0. The number of nitrogens with zero attached hydrogens (tertiary/aromatic N) is 4. The van der Waals surface area contributed by atoms with Gasteiger partial charge in [0, 0.05) is 45.7 Å². The average molecular weight is 310 g/mol. The van der Waals surface area contributed by atoms with Gasteiger partial charge in [0.15, 0.2) is 6.61 Å². The lowest BCUT2D eigenvalue weighted by Gasteiger charge is -2.33. The maximum atomic E-state index is 6.05. The van der Waals surface area contributed by atoms with Crippen LogP contribution in [0.1, 0.15) is 25.7 Å². The van der Waals surface area contributed by atoms with Crippen LogP contribution in [0.2, 0.25) is 0 Å². The molecular weight excluding hydrogens is 280 g/mol. The van der Waals surface area contributed by atoms with Crippen molar-refractivity contribution in [3.8, 4) is 0 Å². The smallest absolute Gasteiger partial charge is 0.227 e. The van der Waals surface area contributed by atoms with Crippen molar-refractivity contribution in [2.75, 3.05) is 66.0 Å². The summed E-state index contributed by atoms with van der Waals surface area (Å²) in [6.45, 7) is 9.59. The molecule has 0 N–H and O–H groups in total. The zero-order valence-corrected chi connectivity index (χ0v) is 13.9. The topological polar surface area (TPSA) is 40.5 Å². The average Bonchev–Trinajstić information content (AvgIpc) is 2.56. The fourth-order valence-electron chi connectivity index (χ4n) is 3.39. The van der Waals surface area contributed by atoms with Crippen LogP contribution in [0.25, 0.3) is 0 Å². The molecule has 0 amide bonds. The van der Waals surface area contributed by atoms with Gasteiger partial charge in [-0.2, -0.15) is 0 Å². The molecular formula is C16H30N4O2. The minimum absolute atomic E-state index is 0.151. The molecule has 0 radical (unpaired) electrons. The van der Waals surface area contributed by atoms with Gasteiger partial charge in [-0.25, -0.2) is 0 Å². The minimum atomic E-state index is 0.151. The third-order valence-electron chi connectivity index (χ3n) is 4.88. The number of oxime groups is 1. The number of ether oxygens (including phenoxy) is 1. The van der Waals surface area contributed by atoms with Crippen molar-refractivity contribution in [2.45, 2.75) is 31.8 Å². The van der Waals surface area contributed by atoms with E-state index in [0.717, 1.165) is 51.6 Å². The van der Waals surface area contributed by atoms with Crippen LogP contribution in [-0.4, -0.2) is 92.7 Å². The molecule has 3 heterocycles. The molecule has 0 aromatic rings. The van der Waals surface area contributed by atoms with Crippen LogP contribution in [0, 0.1) is 0 Å². The summed E-state index contributed by atoms with van der Waals surface area (Å²) in [4.78, 5) is 12.8. The van der Waals surface area contributed by atoms with E-state index in [0.29, 0.717) is 6.61 Å². The molecule has 2 fully saturated rings. The Kier molecular flexibility index (Phi) is 5.92. The maximum Gasteiger partial charge on any atom is 0.227 e. The third-order valence-corrected chi connectivity index (χ3v) is 4.88. The van der Waals surface area contributed by atoms with Crippen LogP contribution < -0.4 is 0 Å². The van der Waals surface area contributed by atoms with Gasteiger partial charge in [-0.15, -0.1) is 0 Å². The van der Waals surface area contributed by atoms with E-state index in [4.69, 9.17) is 9.57 Å². The molecule has 0 aromatic heterocycles. The SMILES string of the molecule is CN1CCN(CCC2=NOCC(CN3CCCCC3)O2)CC1. The van der Waals surface area contributed by atoms with Crippen molar-refractivity contribution < 1.29 is 9.57 Å². The summed E-state index contributed by atoms with van der Waals surface area (Å²) in [5, 5.41) is 4.11. The maximum absolute atomic E-state index is 6.05. The largest absolute Gasteiger partial charge is 0.470 e. The van der Waals surface area contributed by atoms with E-state index >= 15 is 0 Å². The van der Waals surface area contributed by atoms with Crippen molar-refractivity contribution in [1.82, 2.24) is 14.7 Å². The molecule has 3 rings (SSSR count). The van der Waals surface area contributed by atoms with E-state index in [2.05, 4.69) is 26.9 Å². The highest BCUT2D eigenvalue weighted by atomic mass is 16.7. The van der Waals surface area contributed by atoms with Crippen molar-refractivity contribution >= 4 is 5.90 Å².